The van der Waals surface area contributed by atoms with Crippen LogP contribution in [-0.2, 0) is 16.0 Å². The van der Waals surface area contributed by atoms with Crippen molar-refractivity contribution in [2.24, 2.45) is 0 Å². The Balaban J connectivity index is 1.93. The summed E-state index contributed by atoms with van der Waals surface area (Å²) in [4.78, 5) is 13.5. The predicted molar refractivity (Wildman–Crippen MR) is 95.3 cm³/mol. The molecule has 0 spiro atoms. The maximum absolute atomic E-state index is 12.3. The molecule has 0 saturated carbocycles. The zero-order chi connectivity index (χ0) is 16.8. The van der Waals surface area contributed by atoms with Gasteiger partial charge in [0.2, 0.25) is 0 Å². The molecule has 1 aromatic rings. The van der Waals surface area contributed by atoms with Crippen molar-refractivity contribution in [3.8, 4) is 0 Å². The molecule has 0 aromatic heterocycles. The fourth-order valence-electron chi connectivity index (χ4n) is 2.33. The number of esters is 1. The normalized spacial score (nSPS) is 17.5. The first-order valence-electron chi connectivity index (χ1n) is 7.24. The van der Waals surface area contributed by atoms with E-state index in [4.69, 9.17) is 17.0 Å². The molecule has 0 radical (unpaired) electrons. The Morgan fingerprint density at radius 2 is 2.09 bits per heavy atom. The number of benzene rings is 1. The van der Waals surface area contributed by atoms with Gasteiger partial charge in [0.25, 0.3) is 0 Å². The van der Waals surface area contributed by atoms with E-state index in [1.807, 2.05) is 30.5 Å². The van der Waals surface area contributed by atoms with Crippen LogP contribution in [0, 0.1) is 0 Å². The smallest absolute Gasteiger partial charge is 0.337 e. The number of carbonyl (C=O) groups is 1. The summed E-state index contributed by atoms with van der Waals surface area (Å²) in [7, 11) is 0. The standard InChI is InChI=1S/C16H20N2O3S2/c1-10-14(13(9-19)18-16(22)17-10)15(20)21-8-7-11-3-5-12(23-2)6-4-11/h3-6,13,19H,7-9H2,1-2H3,(H2,17,18,22). The summed E-state index contributed by atoms with van der Waals surface area (Å²) in [6.07, 6.45) is 2.68. The fourth-order valence-corrected chi connectivity index (χ4v) is 3.03. The van der Waals surface area contributed by atoms with Crippen LogP contribution in [0.5, 0.6) is 0 Å². The van der Waals surface area contributed by atoms with Crippen LogP contribution in [0.1, 0.15) is 12.5 Å². The van der Waals surface area contributed by atoms with E-state index in [0.29, 0.717) is 22.8 Å². The van der Waals surface area contributed by atoms with Crippen LogP contribution in [0.3, 0.4) is 0 Å². The highest BCUT2D eigenvalue weighted by molar-refractivity contribution is 7.98. The molecule has 3 N–H and O–H groups in total. The van der Waals surface area contributed by atoms with Gasteiger partial charge in [-0.25, -0.2) is 4.79 Å². The maximum Gasteiger partial charge on any atom is 0.337 e. The minimum atomic E-state index is -0.530. The third-order valence-corrected chi connectivity index (χ3v) is 4.51. The van der Waals surface area contributed by atoms with E-state index in [0.717, 1.165) is 5.56 Å². The van der Waals surface area contributed by atoms with E-state index in [1.165, 1.54) is 4.90 Å². The topological polar surface area (TPSA) is 70.6 Å². The molecule has 1 aliphatic rings. The summed E-state index contributed by atoms with van der Waals surface area (Å²) in [5.74, 6) is -0.440. The van der Waals surface area contributed by atoms with Crippen LogP contribution in [0.4, 0.5) is 0 Å². The molecule has 7 heteroatoms. The zero-order valence-electron chi connectivity index (χ0n) is 13.1. The van der Waals surface area contributed by atoms with E-state index in [9.17, 15) is 9.90 Å². The molecule has 1 aromatic carbocycles. The van der Waals surface area contributed by atoms with Crippen LogP contribution >= 0.6 is 24.0 Å². The van der Waals surface area contributed by atoms with E-state index in [1.54, 1.807) is 18.7 Å². The Hall–Kier alpha value is -1.57. The highest BCUT2D eigenvalue weighted by atomic mass is 32.2. The summed E-state index contributed by atoms with van der Waals surface area (Å²) in [6, 6.07) is 7.63. The number of ether oxygens (including phenoxy) is 1. The number of nitrogens with one attached hydrogen (secondary N) is 2. The van der Waals surface area contributed by atoms with Gasteiger partial charge in [-0.3, -0.25) is 0 Å². The summed E-state index contributed by atoms with van der Waals surface area (Å²) >= 11 is 6.70. The first-order chi connectivity index (χ1) is 11.0. The van der Waals surface area contributed by atoms with E-state index < -0.39 is 12.0 Å². The van der Waals surface area contributed by atoms with E-state index in [2.05, 4.69) is 10.6 Å². The molecule has 1 atom stereocenters. The average molecular weight is 352 g/mol. The number of thiocarbonyl (C=S) groups is 1. The molecule has 2 rings (SSSR count). The Labute approximate surface area is 145 Å². The van der Waals surface area contributed by atoms with Crippen LogP contribution in [-0.4, -0.2) is 41.7 Å². The molecular formula is C16H20N2O3S2. The lowest BCUT2D eigenvalue weighted by Crippen LogP contribution is -2.51. The maximum atomic E-state index is 12.3. The SMILES string of the molecule is CSc1ccc(CCOC(=O)C2=C(C)NC(=S)NC2CO)cc1. The summed E-state index contributed by atoms with van der Waals surface area (Å²) < 4.78 is 5.34. The van der Waals surface area contributed by atoms with Crippen molar-refractivity contribution in [2.75, 3.05) is 19.5 Å². The molecule has 0 fully saturated rings. The van der Waals surface area contributed by atoms with E-state index in [-0.39, 0.29) is 13.2 Å². The molecule has 1 aliphatic heterocycles. The highest BCUT2D eigenvalue weighted by Gasteiger charge is 2.28. The molecule has 1 unspecified atom stereocenters. The lowest BCUT2D eigenvalue weighted by molar-refractivity contribution is -0.139. The Morgan fingerprint density at radius 3 is 2.70 bits per heavy atom. The third kappa shape index (κ3) is 4.70. The first kappa shape index (κ1) is 17.8. The average Bonchev–Trinajstić information content (AvgIpc) is 2.54. The third-order valence-electron chi connectivity index (χ3n) is 3.54. The minimum Gasteiger partial charge on any atom is -0.462 e. The van der Waals surface area contributed by atoms with Crippen molar-refractivity contribution in [3.05, 3.63) is 41.1 Å². The molecule has 124 valence electrons. The largest absolute Gasteiger partial charge is 0.462 e. The molecule has 1 heterocycles. The fraction of sp³-hybridized carbons (Fsp3) is 0.375. The van der Waals surface area contributed by atoms with Gasteiger partial charge in [-0.15, -0.1) is 11.8 Å². The van der Waals surface area contributed by atoms with Crippen molar-refractivity contribution in [3.63, 3.8) is 0 Å². The van der Waals surface area contributed by atoms with E-state index >= 15 is 0 Å². The van der Waals surface area contributed by atoms with Crippen LogP contribution < -0.4 is 10.6 Å². The lowest BCUT2D eigenvalue weighted by atomic mass is 10.0. The Kier molecular flexibility index (Phi) is 6.44. The first-order valence-corrected chi connectivity index (χ1v) is 8.87. The van der Waals surface area contributed by atoms with Gasteiger partial charge in [-0.2, -0.15) is 0 Å². The van der Waals surface area contributed by atoms with Gasteiger partial charge in [-0.05, 0) is 43.1 Å². The summed E-state index contributed by atoms with van der Waals surface area (Å²) in [6.45, 7) is 1.81. The van der Waals surface area contributed by atoms with Crippen LogP contribution in [0.2, 0.25) is 0 Å². The zero-order valence-corrected chi connectivity index (χ0v) is 14.7. The molecule has 0 saturated heterocycles. The van der Waals surface area contributed by atoms with Crippen molar-refractivity contribution in [1.29, 1.82) is 0 Å². The molecular weight excluding hydrogens is 332 g/mol. The van der Waals surface area contributed by atoms with Crippen LogP contribution in [0.25, 0.3) is 0 Å². The predicted octanol–water partition coefficient (Wildman–Crippen LogP) is 1.61. The van der Waals surface area contributed by atoms with Gasteiger partial charge in [0, 0.05) is 17.0 Å². The number of hydrogen-bond donors (Lipinski definition) is 3. The quantitative estimate of drug-likeness (QED) is 0.408. The monoisotopic (exact) mass is 352 g/mol. The Bertz CT molecular complexity index is 614. The van der Waals surface area contributed by atoms with Gasteiger partial charge < -0.3 is 20.5 Å². The van der Waals surface area contributed by atoms with Crippen molar-refractivity contribution in [2.45, 2.75) is 24.3 Å². The number of carbonyl (C=O) groups excluding carboxylic acids is 1. The minimum absolute atomic E-state index is 0.222. The second-order valence-corrected chi connectivity index (χ2v) is 6.39. The van der Waals surface area contributed by atoms with Crippen molar-refractivity contribution in [1.82, 2.24) is 10.6 Å². The number of allylic oxidation sites excluding steroid dienone is 1. The molecule has 0 amide bonds. The number of aliphatic hydroxyl groups excluding tert-OH is 1. The Morgan fingerprint density at radius 1 is 1.39 bits per heavy atom. The van der Waals surface area contributed by atoms with Gasteiger partial charge in [0.05, 0.1) is 24.8 Å². The van der Waals surface area contributed by atoms with Gasteiger partial charge in [-0.1, -0.05) is 12.1 Å². The number of aliphatic hydroxyl groups is 1. The van der Waals surface area contributed by atoms with Gasteiger partial charge >= 0.3 is 5.97 Å². The second kappa shape index (κ2) is 8.33. The highest BCUT2D eigenvalue weighted by Crippen LogP contribution is 2.16. The summed E-state index contributed by atoms with van der Waals surface area (Å²) in [5, 5.41) is 15.5. The van der Waals surface area contributed by atoms with Gasteiger partial charge in [0.15, 0.2) is 5.11 Å². The van der Waals surface area contributed by atoms with Gasteiger partial charge in [0.1, 0.15) is 0 Å². The molecule has 0 bridgehead atoms. The summed E-state index contributed by atoms with van der Waals surface area (Å²) in [5.41, 5.74) is 2.11. The van der Waals surface area contributed by atoms with Crippen LogP contribution in [0.15, 0.2) is 40.4 Å². The number of thioether (sulfide) groups is 1. The molecule has 5 nitrogen and oxygen atoms in total. The number of hydrogen-bond acceptors (Lipinski definition) is 5. The second-order valence-electron chi connectivity index (χ2n) is 5.11. The molecule has 23 heavy (non-hydrogen) atoms. The molecule has 0 aliphatic carbocycles. The van der Waals surface area contributed by atoms with Crippen molar-refractivity contribution >= 4 is 35.1 Å². The number of rotatable bonds is 6. The van der Waals surface area contributed by atoms with Crippen molar-refractivity contribution < 1.29 is 14.6 Å². The lowest BCUT2D eigenvalue weighted by Gasteiger charge is -2.28.